The van der Waals surface area contributed by atoms with Crippen LogP contribution in [0, 0.1) is 5.92 Å². The van der Waals surface area contributed by atoms with Gasteiger partial charge in [0, 0.05) is 31.4 Å². The van der Waals surface area contributed by atoms with E-state index in [4.69, 9.17) is 0 Å². The SMILES string of the molecule is CN1C[C@H]2CCN(c3ccc(-c4cccc(CO)c4)cc3)[C@H]2C1. The molecule has 0 amide bonds. The first-order valence-electron chi connectivity index (χ1n) is 8.50. The molecule has 0 radical (unpaired) electrons. The average Bonchev–Trinajstić information content (AvgIpc) is 3.14. The standard InChI is InChI=1S/C20H24N2O/c1-21-12-18-9-10-22(20(18)13-21)19-7-5-16(6-8-19)17-4-2-3-15(11-17)14-23/h2-8,11,18,20,23H,9-10,12-14H2,1H3/t18-,20+/m1/s1. The first-order chi connectivity index (χ1) is 11.2. The van der Waals surface area contributed by atoms with Gasteiger partial charge >= 0.3 is 0 Å². The van der Waals surface area contributed by atoms with Crippen LogP contribution < -0.4 is 4.90 Å². The third-order valence-corrected chi connectivity index (χ3v) is 5.37. The zero-order valence-corrected chi connectivity index (χ0v) is 13.7. The molecule has 0 spiro atoms. The van der Waals surface area contributed by atoms with E-state index in [0.29, 0.717) is 6.04 Å². The number of rotatable bonds is 3. The number of likely N-dealkylation sites (tertiary alicyclic amines) is 1. The second-order valence-electron chi connectivity index (χ2n) is 6.94. The van der Waals surface area contributed by atoms with Crippen LogP contribution in [0.15, 0.2) is 48.5 Å². The van der Waals surface area contributed by atoms with Crippen molar-refractivity contribution in [3.63, 3.8) is 0 Å². The highest BCUT2D eigenvalue weighted by molar-refractivity contribution is 5.67. The van der Waals surface area contributed by atoms with Gasteiger partial charge in [0.15, 0.2) is 0 Å². The summed E-state index contributed by atoms with van der Waals surface area (Å²) in [6, 6.07) is 17.7. The summed E-state index contributed by atoms with van der Waals surface area (Å²) in [4.78, 5) is 5.04. The molecular formula is C20H24N2O. The molecule has 0 aliphatic carbocycles. The maximum absolute atomic E-state index is 9.29. The Bertz CT molecular complexity index is 682. The van der Waals surface area contributed by atoms with E-state index in [1.54, 1.807) is 0 Å². The highest BCUT2D eigenvalue weighted by Gasteiger charge is 2.39. The Hall–Kier alpha value is -1.84. The Balaban J connectivity index is 1.56. The predicted molar refractivity (Wildman–Crippen MR) is 94.5 cm³/mol. The number of aliphatic hydroxyl groups is 1. The number of anilines is 1. The summed E-state index contributed by atoms with van der Waals surface area (Å²) in [5.74, 6) is 0.834. The highest BCUT2D eigenvalue weighted by atomic mass is 16.3. The molecule has 2 heterocycles. The van der Waals surface area contributed by atoms with Crippen LogP contribution in [-0.2, 0) is 6.61 Å². The Labute approximate surface area is 138 Å². The molecule has 3 heteroatoms. The summed E-state index contributed by atoms with van der Waals surface area (Å²) in [5.41, 5.74) is 4.68. The molecule has 2 aromatic rings. The van der Waals surface area contributed by atoms with Crippen molar-refractivity contribution in [2.24, 2.45) is 5.92 Å². The van der Waals surface area contributed by atoms with Crippen LogP contribution in [0.1, 0.15) is 12.0 Å². The zero-order chi connectivity index (χ0) is 15.8. The number of fused-ring (bicyclic) bond motifs is 1. The average molecular weight is 308 g/mol. The molecule has 1 N–H and O–H groups in total. The minimum absolute atomic E-state index is 0.0935. The Morgan fingerprint density at radius 1 is 1.04 bits per heavy atom. The van der Waals surface area contributed by atoms with Gasteiger partial charge in [0.25, 0.3) is 0 Å². The van der Waals surface area contributed by atoms with Gasteiger partial charge in [-0.05, 0) is 54.3 Å². The van der Waals surface area contributed by atoms with Gasteiger partial charge < -0.3 is 14.9 Å². The molecule has 23 heavy (non-hydrogen) atoms. The lowest BCUT2D eigenvalue weighted by Gasteiger charge is -2.26. The number of nitrogens with zero attached hydrogens (tertiary/aromatic N) is 2. The van der Waals surface area contributed by atoms with Crippen molar-refractivity contribution in [3.8, 4) is 11.1 Å². The van der Waals surface area contributed by atoms with E-state index < -0.39 is 0 Å². The molecule has 0 unspecified atom stereocenters. The lowest BCUT2D eigenvalue weighted by molar-refractivity contribution is 0.282. The van der Waals surface area contributed by atoms with Gasteiger partial charge in [0.2, 0.25) is 0 Å². The van der Waals surface area contributed by atoms with Crippen LogP contribution in [0.4, 0.5) is 5.69 Å². The molecule has 2 atom stereocenters. The van der Waals surface area contributed by atoms with Crippen molar-refractivity contribution in [2.75, 3.05) is 31.6 Å². The van der Waals surface area contributed by atoms with Gasteiger partial charge in [-0.25, -0.2) is 0 Å². The number of hydrogen-bond donors (Lipinski definition) is 1. The number of benzene rings is 2. The Morgan fingerprint density at radius 3 is 2.65 bits per heavy atom. The second-order valence-corrected chi connectivity index (χ2v) is 6.94. The molecule has 2 saturated heterocycles. The summed E-state index contributed by atoms with van der Waals surface area (Å²) in [5, 5.41) is 9.29. The summed E-state index contributed by atoms with van der Waals surface area (Å²) >= 11 is 0. The van der Waals surface area contributed by atoms with Crippen molar-refractivity contribution < 1.29 is 5.11 Å². The summed E-state index contributed by atoms with van der Waals surface area (Å²) < 4.78 is 0. The van der Waals surface area contributed by atoms with Crippen LogP contribution in [0.5, 0.6) is 0 Å². The van der Waals surface area contributed by atoms with E-state index in [1.807, 2.05) is 12.1 Å². The van der Waals surface area contributed by atoms with Crippen LogP contribution in [0.3, 0.4) is 0 Å². The van der Waals surface area contributed by atoms with E-state index in [-0.39, 0.29) is 6.61 Å². The molecule has 2 aliphatic rings. The van der Waals surface area contributed by atoms with Crippen molar-refractivity contribution in [1.29, 1.82) is 0 Å². The van der Waals surface area contributed by atoms with Gasteiger partial charge in [-0.2, -0.15) is 0 Å². The third-order valence-electron chi connectivity index (χ3n) is 5.37. The molecule has 120 valence electrons. The smallest absolute Gasteiger partial charge is 0.0682 e. The molecule has 2 fully saturated rings. The minimum Gasteiger partial charge on any atom is -0.392 e. The molecule has 0 aromatic heterocycles. The maximum atomic E-state index is 9.29. The normalized spacial score (nSPS) is 24.2. The fourth-order valence-corrected chi connectivity index (χ4v) is 4.19. The van der Waals surface area contributed by atoms with Crippen molar-refractivity contribution in [3.05, 3.63) is 54.1 Å². The first kappa shape index (κ1) is 14.7. The van der Waals surface area contributed by atoms with Crippen LogP contribution in [0.25, 0.3) is 11.1 Å². The fraction of sp³-hybridized carbons (Fsp3) is 0.400. The van der Waals surface area contributed by atoms with Gasteiger partial charge in [-0.3, -0.25) is 0 Å². The Kier molecular flexibility index (Phi) is 3.83. The molecule has 0 bridgehead atoms. The highest BCUT2D eigenvalue weighted by Crippen LogP contribution is 2.35. The van der Waals surface area contributed by atoms with Gasteiger partial charge in [0.05, 0.1) is 6.61 Å². The first-order valence-corrected chi connectivity index (χ1v) is 8.50. The van der Waals surface area contributed by atoms with Crippen LogP contribution in [0.2, 0.25) is 0 Å². The lowest BCUT2D eigenvalue weighted by atomic mass is 10.0. The third kappa shape index (κ3) is 2.75. The van der Waals surface area contributed by atoms with Gasteiger partial charge in [-0.1, -0.05) is 30.3 Å². The summed E-state index contributed by atoms with van der Waals surface area (Å²) in [6.45, 7) is 3.71. The van der Waals surface area contributed by atoms with Crippen molar-refractivity contribution in [1.82, 2.24) is 4.90 Å². The predicted octanol–water partition coefficient (Wildman–Crippen LogP) is 2.99. The monoisotopic (exact) mass is 308 g/mol. The quantitative estimate of drug-likeness (QED) is 0.944. The summed E-state index contributed by atoms with van der Waals surface area (Å²) in [7, 11) is 2.23. The molecule has 2 aromatic carbocycles. The maximum Gasteiger partial charge on any atom is 0.0682 e. The van der Waals surface area contributed by atoms with E-state index in [0.717, 1.165) is 11.5 Å². The van der Waals surface area contributed by atoms with E-state index >= 15 is 0 Å². The number of likely N-dealkylation sites (N-methyl/N-ethyl adjacent to an activating group) is 1. The van der Waals surface area contributed by atoms with Crippen molar-refractivity contribution in [2.45, 2.75) is 19.1 Å². The lowest BCUT2D eigenvalue weighted by Crippen LogP contribution is -2.34. The van der Waals surface area contributed by atoms with Gasteiger partial charge in [0.1, 0.15) is 0 Å². The van der Waals surface area contributed by atoms with E-state index in [1.165, 1.54) is 42.9 Å². The van der Waals surface area contributed by atoms with E-state index in [9.17, 15) is 5.11 Å². The second kappa shape index (κ2) is 5.99. The molecule has 2 aliphatic heterocycles. The minimum atomic E-state index is 0.0935. The number of aliphatic hydroxyl groups excluding tert-OH is 1. The summed E-state index contributed by atoms with van der Waals surface area (Å²) in [6.07, 6.45) is 1.31. The zero-order valence-electron chi connectivity index (χ0n) is 13.7. The Morgan fingerprint density at radius 2 is 1.87 bits per heavy atom. The largest absolute Gasteiger partial charge is 0.392 e. The van der Waals surface area contributed by atoms with Crippen LogP contribution >= 0.6 is 0 Å². The molecule has 0 saturated carbocycles. The molecule has 4 rings (SSSR count). The van der Waals surface area contributed by atoms with Crippen LogP contribution in [-0.4, -0.2) is 42.7 Å². The fourth-order valence-electron chi connectivity index (χ4n) is 4.19. The molecule has 3 nitrogen and oxygen atoms in total. The van der Waals surface area contributed by atoms with E-state index in [2.05, 4.69) is 53.2 Å². The number of hydrogen-bond acceptors (Lipinski definition) is 3. The topological polar surface area (TPSA) is 26.7 Å². The van der Waals surface area contributed by atoms with Crippen molar-refractivity contribution >= 4 is 5.69 Å². The molecular weight excluding hydrogens is 284 g/mol. The van der Waals surface area contributed by atoms with Gasteiger partial charge in [-0.15, -0.1) is 0 Å².